The highest BCUT2D eigenvalue weighted by Crippen LogP contribution is 2.22. The topological polar surface area (TPSA) is 61.9 Å². The Morgan fingerprint density at radius 2 is 1.84 bits per heavy atom. The standard InChI is InChI=1S/C14H18N4O/c19-14-16-12-11(7-6-8-15-12)13(17-14)18-9-4-2-1-3-5-10-18/h6-8H,1-5,9-10H2,(H,15,16,17,19). The highest BCUT2D eigenvalue weighted by atomic mass is 16.1. The van der Waals surface area contributed by atoms with E-state index >= 15 is 0 Å². The number of rotatable bonds is 1. The number of fused-ring (bicyclic) bond motifs is 1. The van der Waals surface area contributed by atoms with E-state index in [2.05, 4.69) is 19.9 Å². The number of anilines is 1. The summed E-state index contributed by atoms with van der Waals surface area (Å²) in [6.07, 6.45) is 7.85. The number of aromatic amines is 1. The fraction of sp³-hybridized carbons (Fsp3) is 0.500. The molecule has 5 nitrogen and oxygen atoms in total. The molecule has 0 atom stereocenters. The van der Waals surface area contributed by atoms with Crippen molar-refractivity contribution in [2.75, 3.05) is 18.0 Å². The van der Waals surface area contributed by atoms with Crippen LogP contribution in [0.5, 0.6) is 0 Å². The van der Waals surface area contributed by atoms with Crippen LogP contribution in [0.15, 0.2) is 23.1 Å². The van der Waals surface area contributed by atoms with Crippen LogP contribution in [0.2, 0.25) is 0 Å². The van der Waals surface area contributed by atoms with E-state index in [1.165, 1.54) is 19.3 Å². The van der Waals surface area contributed by atoms with Gasteiger partial charge in [0.2, 0.25) is 0 Å². The number of hydrogen-bond donors (Lipinski definition) is 1. The molecule has 100 valence electrons. The van der Waals surface area contributed by atoms with Gasteiger partial charge in [0.25, 0.3) is 0 Å². The molecule has 5 heteroatoms. The zero-order valence-electron chi connectivity index (χ0n) is 10.9. The first-order chi connectivity index (χ1) is 9.34. The Morgan fingerprint density at radius 1 is 1.11 bits per heavy atom. The Balaban J connectivity index is 2.04. The predicted octanol–water partition coefficient (Wildman–Crippen LogP) is 2.09. The van der Waals surface area contributed by atoms with E-state index in [1.54, 1.807) is 6.20 Å². The Morgan fingerprint density at radius 3 is 2.63 bits per heavy atom. The quantitative estimate of drug-likeness (QED) is 0.850. The molecule has 0 aromatic carbocycles. The van der Waals surface area contributed by atoms with Crippen molar-refractivity contribution < 1.29 is 0 Å². The molecule has 0 amide bonds. The summed E-state index contributed by atoms with van der Waals surface area (Å²) in [4.78, 5) is 25.0. The maximum absolute atomic E-state index is 11.7. The zero-order chi connectivity index (χ0) is 13.1. The van der Waals surface area contributed by atoms with Crippen molar-refractivity contribution in [1.29, 1.82) is 0 Å². The maximum atomic E-state index is 11.7. The van der Waals surface area contributed by atoms with Gasteiger partial charge in [0.05, 0.1) is 5.39 Å². The molecule has 2 aromatic heterocycles. The van der Waals surface area contributed by atoms with E-state index in [9.17, 15) is 4.79 Å². The average Bonchev–Trinajstić information content (AvgIpc) is 2.37. The smallest absolute Gasteiger partial charge is 0.348 e. The molecule has 0 saturated carbocycles. The van der Waals surface area contributed by atoms with Gasteiger partial charge < -0.3 is 4.90 Å². The van der Waals surface area contributed by atoms with Gasteiger partial charge >= 0.3 is 5.69 Å². The number of nitrogens with zero attached hydrogens (tertiary/aromatic N) is 3. The van der Waals surface area contributed by atoms with Crippen LogP contribution in [0.25, 0.3) is 11.0 Å². The van der Waals surface area contributed by atoms with Crippen molar-refractivity contribution in [3.8, 4) is 0 Å². The van der Waals surface area contributed by atoms with Gasteiger partial charge in [-0.1, -0.05) is 19.3 Å². The second-order valence-corrected chi connectivity index (χ2v) is 5.02. The third-order valence-corrected chi connectivity index (χ3v) is 3.64. The van der Waals surface area contributed by atoms with Gasteiger partial charge in [-0.05, 0) is 25.0 Å². The van der Waals surface area contributed by atoms with Crippen molar-refractivity contribution in [2.45, 2.75) is 32.1 Å². The van der Waals surface area contributed by atoms with E-state index < -0.39 is 0 Å². The molecule has 3 rings (SSSR count). The molecule has 19 heavy (non-hydrogen) atoms. The third kappa shape index (κ3) is 2.59. The molecule has 1 aliphatic rings. The number of aromatic nitrogens is 3. The molecular weight excluding hydrogens is 240 g/mol. The van der Waals surface area contributed by atoms with Crippen LogP contribution in [0, 0.1) is 0 Å². The van der Waals surface area contributed by atoms with E-state index in [1.807, 2.05) is 12.1 Å². The summed E-state index contributed by atoms with van der Waals surface area (Å²) in [6, 6.07) is 3.86. The summed E-state index contributed by atoms with van der Waals surface area (Å²) in [5.41, 5.74) is 0.308. The molecule has 0 radical (unpaired) electrons. The van der Waals surface area contributed by atoms with Crippen molar-refractivity contribution in [2.24, 2.45) is 0 Å². The van der Waals surface area contributed by atoms with Gasteiger partial charge in [-0.25, -0.2) is 9.78 Å². The first kappa shape index (κ1) is 12.1. The minimum Gasteiger partial charge on any atom is -0.356 e. The summed E-state index contributed by atoms with van der Waals surface area (Å²) in [5.74, 6) is 0.786. The highest BCUT2D eigenvalue weighted by molar-refractivity contribution is 5.86. The molecule has 1 aliphatic heterocycles. The maximum Gasteiger partial charge on any atom is 0.348 e. The monoisotopic (exact) mass is 258 g/mol. The number of pyridine rings is 1. The summed E-state index contributed by atoms with van der Waals surface area (Å²) in [6.45, 7) is 1.95. The van der Waals surface area contributed by atoms with Crippen LogP contribution >= 0.6 is 0 Å². The van der Waals surface area contributed by atoms with E-state index in [-0.39, 0.29) is 5.69 Å². The normalized spacial score (nSPS) is 17.2. The SMILES string of the molecule is O=c1nc(N2CCCCCCC2)c2cccnc2[nH]1. The minimum absolute atomic E-state index is 0.316. The van der Waals surface area contributed by atoms with E-state index in [0.717, 1.165) is 37.1 Å². The second-order valence-electron chi connectivity index (χ2n) is 5.02. The summed E-state index contributed by atoms with van der Waals surface area (Å²) < 4.78 is 0. The average molecular weight is 258 g/mol. The Hall–Kier alpha value is -1.91. The van der Waals surface area contributed by atoms with E-state index in [0.29, 0.717) is 5.65 Å². The lowest BCUT2D eigenvalue weighted by molar-refractivity contribution is 0.554. The summed E-state index contributed by atoms with van der Waals surface area (Å²) in [5, 5.41) is 0.933. The number of nitrogens with one attached hydrogen (secondary N) is 1. The van der Waals surface area contributed by atoms with Crippen molar-refractivity contribution in [1.82, 2.24) is 15.0 Å². The fourth-order valence-electron chi connectivity index (χ4n) is 2.67. The van der Waals surface area contributed by atoms with Gasteiger partial charge in [0.1, 0.15) is 11.5 Å². The van der Waals surface area contributed by atoms with E-state index in [4.69, 9.17) is 0 Å². The lowest BCUT2D eigenvalue weighted by atomic mass is 10.1. The molecule has 1 fully saturated rings. The molecule has 0 bridgehead atoms. The minimum atomic E-state index is -0.316. The first-order valence-corrected chi connectivity index (χ1v) is 6.94. The van der Waals surface area contributed by atoms with Crippen LogP contribution in [-0.4, -0.2) is 28.0 Å². The van der Waals surface area contributed by atoms with Crippen LogP contribution in [-0.2, 0) is 0 Å². The van der Waals surface area contributed by atoms with Gasteiger partial charge in [-0.3, -0.25) is 4.98 Å². The Labute approximate surface area is 111 Å². The van der Waals surface area contributed by atoms with Crippen LogP contribution in [0.1, 0.15) is 32.1 Å². The van der Waals surface area contributed by atoms with Crippen LogP contribution in [0.3, 0.4) is 0 Å². The molecule has 1 saturated heterocycles. The molecule has 1 N–H and O–H groups in total. The Bertz CT molecular complexity index is 614. The lowest BCUT2D eigenvalue weighted by Crippen LogP contribution is -2.30. The lowest BCUT2D eigenvalue weighted by Gasteiger charge is -2.26. The number of H-pyrrole nitrogens is 1. The molecule has 0 unspecified atom stereocenters. The van der Waals surface area contributed by atoms with Crippen molar-refractivity contribution >= 4 is 16.9 Å². The highest BCUT2D eigenvalue weighted by Gasteiger charge is 2.14. The second kappa shape index (κ2) is 5.38. The zero-order valence-corrected chi connectivity index (χ0v) is 10.9. The molecular formula is C14H18N4O. The molecule has 2 aromatic rings. The van der Waals surface area contributed by atoms with Crippen LogP contribution < -0.4 is 10.6 Å². The third-order valence-electron chi connectivity index (χ3n) is 3.64. The Kier molecular flexibility index (Phi) is 3.44. The fourth-order valence-corrected chi connectivity index (χ4v) is 2.67. The molecule has 0 aliphatic carbocycles. The van der Waals surface area contributed by atoms with Gasteiger partial charge in [-0.2, -0.15) is 4.98 Å². The van der Waals surface area contributed by atoms with Crippen molar-refractivity contribution in [3.05, 3.63) is 28.8 Å². The summed E-state index contributed by atoms with van der Waals surface area (Å²) >= 11 is 0. The van der Waals surface area contributed by atoms with Crippen molar-refractivity contribution in [3.63, 3.8) is 0 Å². The van der Waals surface area contributed by atoms with Gasteiger partial charge in [-0.15, -0.1) is 0 Å². The predicted molar refractivity (Wildman–Crippen MR) is 75.5 cm³/mol. The summed E-state index contributed by atoms with van der Waals surface area (Å²) in [7, 11) is 0. The molecule has 3 heterocycles. The molecule has 0 spiro atoms. The van der Waals surface area contributed by atoms with Gasteiger partial charge in [0.15, 0.2) is 0 Å². The largest absolute Gasteiger partial charge is 0.356 e. The van der Waals surface area contributed by atoms with Crippen LogP contribution in [0.4, 0.5) is 5.82 Å². The number of hydrogen-bond acceptors (Lipinski definition) is 4. The first-order valence-electron chi connectivity index (χ1n) is 6.94. The van der Waals surface area contributed by atoms with Gasteiger partial charge in [0, 0.05) is 19.3 Å².